The normalized spacial score (nSPS) is 19.7. The molecule has 7 nitrogen and oxygen atoms in total. The molecule has 0 radical (unpaired) electrons. The zero-order valence-corrected chi connectivity index (χ0v) is 16.5. The molecule has 29 heavy (non-hydrogen) atoms. The Balaban J connectivity index is 1.36. The Labute approximate surface area is 171 Å². The summed E-state index contributed by atoms with van der Waals surface area (Å²) in [6.07, 6.45) is 7.90. The van der Waals surface area contributed by atoms with Gasteiger partial charge in [-0.1, -0.05) is 6.07 Å². The van der Waals surface area contributed by atoms with Crippen molar-refractivity contribution in [2.45, 2.75) is 31.7 Å². The number of hydrogen-bond acceptors (Lipinski definition) is 4. The fourth-order valence-corrected chi connectivity index (χ4v) is 4.13. The Hall–Kier alpha value is -2.93. The molecule has 1 atom stereocenters. The zero-order valence-electron chi connectivity index (χ0n) is 16.5. The summed E-state index contributed by atoms with van der Waals surface area (Å²) >= 11 is 0. The number of anilines is 2. The van der Waals surface area contributed by atoms with E-state index in [4.69, 9.17) is 0 Å². The van der Waals surface area contributed by atoms with E-state index >= 15 is 0 Å². The van der Waals surface area contributed by atoms with E-state index in [-0.39, 0.29) is 11.9 Å². The first-order valence-electron chi connectivity index (χ1n) is 10.3. The van der Waals surface area contributed by atoms with Crippen LogP contribution in [0.2, 0.25) is 0 Å². The van der Waals surface area contributed by atoms with Crippen LogP contribution in [0.3, 0.4) is 0 Å². The minimum absolute atomic E-state index is 0.0773. The van der Waals surface area contributed by atoms with Crippen LogP contribution in [0.5, 0.6) is 0 Å². The summed E-state index contributed by atoms with van der Waals surface area (Å²) in [7, 11) is 0. The molecule has 3 amide bonds. The quantitative estimate of drug-likeness (QED) is 0.834. The fourth-order valence-electron chi connectivity index (χ4n) is 4.13. The van der Waals surface area contributed by atoms with Crippen LogP contribution in [0.1, 0.15) is 36.0 Å². The van der Waals surface area contributed by atoms with Crippen molar-refractivity contribution in [3.8, 4) is 0 Å². The molecular formula is C22H27N5O2. The number of rotatable bonds is 4. The molecule has 2 N–H and O–H groups in total. The number of amides is 3. The van der Waals surface area contributed by atoms with Gasteiger partial charge >= 0.3 is 6.03 Å². The van der Waals surface area contributed by atoms with Crippen LogP contribution in [-0.4, -0.2) is 58.9 Å². The van der Waals surface area contributed by atoms with Crippen molar-refractivity contribution in [2.75, 3.05) is 36.8 Å². The van der Waals surface area contributed by atoms with Gasteiger partial charge in [0.2, 0.25) is 0 Å². The third kappa shape index (κ3) is 4.92. The average molecular weight is 393 g/mol. The smallest absolute Gasteiger partial charge is 0.321 e. The minimum atomic E-state index is -0.208. The van der Waals surface area contributed by atoms with Gasteiger partial charge in [-0.2, -0.15) is 0 Å². The summed E-state index contributed by atoms with van der Waals surface area (Å²) in [5.74, 6) is -0.208. The maximum absolute atomic E-state index is 12.8. The standard InChI is InChI=1S/C22H27N5O2/c28-21(17-8-10-23-11-9-17)24-18-5-3-6-19(15-18)25-22(29)27-14-4-7-20(16-27)26-12-1-2-13-26/h3,5-6,8-11,15,20H,1-2,4,7,12-14,16H2,(H,24,28)(H,25,29)/t20-/m1/s1. The maximum Gasteiger partial charge on any atom is 0.321 e. The molecule has 0 unspecified atom stereocenters. The van der Waals surface area contributed by atoms with Crippen molar-refractivity contribution in [1.29, 1.82) is 0 Å². The van der Waals surface area contributed by atoms with Crippen molar-refractivity contribution in [3.63, 3.8) is 0 Å². The van der Waals surface area contributed by atoms with E-state index in [1.165, 1.54) is 19.3 Å². The summed E-state index contributed by atoms with van der Waals surface area (Å²) in [5, 5.41) is 5.84. The van der Waals surface area contributed by atoms with Gasteiger partial charge in [0, 0.05) is 48.5 Å². The Morgan fingerprint density at radius 3 is 2.41 bits per heavy atom. The molecule has 2 aliphatic rings. The second-order valence-corrected chi connectivity index (χ2v) is 7.69. The molecule has 2 aliphatic heterocycles. The SMILES string of the molecule is O=C(Nc1cccc(NC(=O)N2CCC[C@@H](N3CCCC3)C2)c1)c1ccncc1. The first-order valence-corrected chi connectivity index (χ1v) is 10.3. The van der Waals surface area contributed by atoms with Gasteiger partial charge in [0.1, 0.15) is 0 Å². The zero-order chi connectivity index (χ0) is 20.1. The second kappa shape index (κ2) is 9.05. The van der Waals surface area contributed by atoms with Crippen molar-refractivity contribution in [1.82, 2.24) is 14.8 Å². The highest BCUT2D eigenvalue weighted by Gasteiger charge is 2.29. The average Bonchev–Trinajstić information content (AvgIpc) is 3.30. The van der Waals surface area contributed by atoms with E-state index in [1.54, 1.807) is 36.7 Å². The van der Waals surface area contributed by atoms with Crippen molar-refractivity contribution in [2.24, 2.45) is 0 Å². The predicted molar refractivity (Wildman–Crippen MR) is 113 cm³/mol. The van der Waals surface area contributed by atoms with Crippen LogP contribution >= 0.6 is 0 Å². The van der Waals surface area contributed by atoms with Gasteiger partial charge in [0.15, 0.2) is 0 Å². The predicted octanol–water partition coefficient (Wildman–Crippen LogP) is 3.43. The Morgan fingerprint density at radius 1 is 0.931 bits per heavy atom. The molecule has 0 saturated carbocycles. The fraction of sp³-hybridized carbons (Fsp3) is 0.409. The van der Waals surface area contributed by atoms with Crippen molar-refractivity contribution < 1.29 is 9.59 Å². The lowest BCUT2D eigenvalue weighted by atomic mass is 10.0. The van der Waals surface area contributed by atoms with Gasteiger partial charge in [-0.15, -0.1) is 0 Å². The van der Waals surface area contributed by atoms with Crippen LogP contribution in [0, 0.1) is 0 Å². The number of hydrogen-bond donors (Lipinski definition) is 2. The number of nitrogens with one attached hydrogen (secondary N) is 2. The lowest BCUT2D eigenvalue weighted by Crippen LogP contribution is -2.50. The summed E-state index contributed by atoms with van der Waals surface area (Å²) in [5.41, 5.74) is 1.85. The summed E-state index contributed by atoms with van der Waals surface area (Å²) in [6, 6.07) is 11.0. The minimum Gasteiger partial charge on any atom is -0.323 e. The highest BCUT2D eigenvalue weighted by molar-refractivity contribution is 6.04. The van der Waals surface area contributed by atoms with Crippen LogP contribution in [0.15, 0.2) is 48.8 Å². The summed E-state index contributed by atoms with van der Waals surface area (Å²) < 4.78 is 0. The lowest BCUT2D eigenvalue weighted by molar-refractivity contribution is 0.102. The maximum atomic E-state index is 12.8. The van der Waals surface area contributed by atoms with Gasteiger partial charge in [0.05, 0.1) is 0 Å². The molecule has 0 spiro atoms. The topological polar surface area (TPSA) is 77.6 Å². The molecule has 0 bridgehead atoms. The number of likely N-dealkylation sites (tertiary alicyclic amines) is 2. The molecule has 152 valence electrons. The number of pyridine rings is 1. The first-order chi connectivity index (χ1) is 14.2. The van der Waals surface area contributed by atoms with E-state index in [9.17, 15) is 9.59 Å². The van der Waals surface area contributed by atoms with Crippen molar-refractivity contribution >= 4 is 23.3 Å². The van der Waals surface area contributed by atoms with Gasteiger partial charge in [0.25, 0.3) is 5.91 Å². The van der Waals surface area contributed by atoms with Crippen LogP contribution in [-0.2, 0) is 0 Å². The van der Waals surface area contributed by atoms with Crippen molar-refractivity contribution in [3.05, 3.63) is 54.4 Å². The number of urea groups is 1. The van der Waals surface area contributed by atoms with Gasteiger partial charge < -0.3 is 15.5 Å². The number of piperidine rings is 1. The largest absolute Gasteiger partial charge is 0.323 e. The van der Waals surface area contributed by atoms with E-state index in [0.29, 0.717) is 23.0 Å². The van der Waals surface area contributed by atoms with Gasteiger partial charge in [-0.05, 0) is 69.1 Å². The second-order valence-electron chi connectivity index (χ2n) is 7.69. The molecule has 0 aliphatic carbocycles. The molecule has 7 heteroatoms. The molecular weight excluding hydrogens is 366 g/mol. The molecule has 2 aromatic rings. The third-order valence-electron chi connectivity index (χ3n) is 5.65. The molecule has 1 aromatic carbocycles. The van der Waals surface area contributed by atoms with Crippen LogP contribution < -0.4 is 10.6 Å². The number of carbonyl (C=O) groups is 2. The summed E-state index contributed by atoms with van der Waals surface area (Å²) in [6.45, 7) is 3.87. The number of benzene rings is 1. The highest BCUT2D eigenvalue weighted by atomic mass is 16.2. The monoisotopic (exact) mass is 393 g/mol. The lowest BCUT2D eigenvalue weighted by Gasteiger charge is -2.37. The molecule has 2 saturated heterocycles. The number of carbonyl (C=O) groups excluding carboxylic acids is 2. The van der Waals surface area contributed by atoms with Crippen LogP contribution in [0.25, 0.3) is 0 Å². The highest BCUT2D eigenvalue weighted by Crippen LogP contribution is 2.22. The van der Waals surface area contributed by atoms with E-state index in [2.05, 4.69) is 20.5 Å². The molecule has 1 aromatic heterocycles. The van der Waals surface area contributed by atoms with E-state index in [1.807, 2.05) is 17.0 Å². The van der Waals surface area contributed by atoms with E-state index in [0.717, 1.165) is 32.6 Å². The first kappa shape index (κ1) is 19.4. The third-order valence-corrected chi connectivity index (χ3v) is 5.65. The van der Waals surface area contributed by atoms with Crippen LogP contribution in [0.4, 0.5) is 16.2 Å². The van der Waals surface area contributed by atoms with Gasteiger partial charge in [-0.3, -0.25) is 14.7 Å². The Morgan fingerprint density at radius 2 is 1.66 bits per heavy atom. The Kier molecular flexibility index (Phi) is 6.05. The molecule has 4 rings (SSSR count). The number of aromatic nitrogens is 1. The number of nitrogens with zero attached hydrogens (tertiary/aromatic N) is 3. The molecule has 3 heterocycles. The Bertz CT molecular complexity index is 851. The molecule has 2 fully saturated rings. The summed E-state index contributed by atoms with van der Waals surface area (Å²) in [4.78, 5) is 33.5. The van der Waals surface area contributed by atoms with E-state index < -0.39 is 0 Å². The van der Waals surface area contributed by atoms with Gasteiger partial charge in [-0.25, -0.2) is 4.79 Å².